The Balaban J connectivity index is 1.97. The van der Waals surface area contributed by atoms with E-state index in [0.717, 1.165) is 5.75 Å². The molecule has 0 radical (unpaired) electrons. The highest BCUT2D eigenvalue weighted by atomic mass is 32.2. The van der Waals surface area contributed by atoms with E-state index in [1.165, 1.54) is 16.9 Å². The predicted octanol–water partition coefficient (Wildman–Crippen LogP) is 4.97. The first-order valence-electron chi connectivity index (χ1n) is 6.13. The third-order valence-corrected chi connectivity index (χ3v) is 4.13. The summed E-state index contributed by atoms with van der Waals surface area (Å²) in [4.78, 5) is 1.36. The van der Waals surface area contributed by atoms with Crippen molar-refractivity contribution in [2.45, 2.75) is 24.2 Å². The Morgan fingerprint density at radius 1 is 0.882 bits per heavy atom. The van der Waals surface area contributed by atoms with Gasteiger partial charge in [0, 0.05) is 10.6 Å². The Morgan fingerprint density at radius 2 is 1.47 bits per heavy atom. The van der Waals surface area contributed by atoms with Gasteiger partial charge < -0.3 is 0 Å². The zero-order chi connectivity index (χ0) is 11.9. The summed E-state index contributed by atoms with van der Waals surface area (Å²) < 4.78 is 0. The average Bonchev–Trinajstić information content (AvgIpc) is 2.42. The molecule has 1 heteroatoms. The van der Waals surface area contributed by atoms with Gasteiger partial charge in [-0.05, 0) is 30.0 Å². The molecule has 0 aliphatic heterocycles. The van der Waals surface area contributed by atoms with Crippen LogP contribution in [0.4, 0.5) is 0 Å². The molecular weight excluding hydrogens is 224 g/mol. The van der Waals surface area contributed by atoms with E-state index in [-0.39, 0.29) is 0 Å². The van der Waals surface area contributed by atoms with Crippen LogP contribution in [0, 0.1) is 0 Å². The first-order chi connectivity index (χ1) is 8.40. The molecule has 0 amide bonds. The van der Waals surface area contributed by atoms with E-state index in [1.807, 2.05) is 11.8 Å². The van der Waals surface area contributed by atoms with Gasteiger partial charge >= 0.3 is 0 Å². The van der Waals surface area contributed by atoms with Crippen LogP contribution in [0.1, 0.15) is 24.8 Å². The highest BCUT2D eigenvalue weighted by molar-refractivity contribution is 7.99. The Kier molecular flexibility index (Phi) is 4.69. The second kappa shape index (κ2) is 6.51. The van der Waals surface area contributed by atoms with Gasteiger partial charge in [-0.3, -0.25) is 0 Å². The van der Waals surface area contributed by atoms with Gasteiger partial charge in [0.1, 0.15) is 0 Å². The van der Waals surface area contributed by atoms with E-state index in [4.69, 9.17) is 0 Å². The number of thioether (sulfide) groups is 1. The summed E-state index contributed by atoms with van der Waals surface area (Å²) in [5, 5.41) is 0. The lowest BCUT2D eigenvalue weighted by Crippen LogP contribution is -2.00. The molecule has 0 bridgehead atoms. The second-order valence-corrected chi connectivity index (χ2v) is 5.23. The van der Waals surface area contributed by atoms with Gasteiger partial charge in [0.15, 0.2) is 0 Å². The summed E-state index contributed by atoms with van der Waals surface area (Å²) >= 11 is 1.95. The van der Waals surface area contributed by atoms with Crippen molar-refractivity contribution in [2.75, 3.05) is 5.75 Å². The SMILES string of the molecule is CC[C@@H](CSc1ccccc1)c1ccccc1. The Hall–Kier alpha value is -1.21. The minimum absolute atomic E-state index is 0.654. The van der Waals surface area contributed by atoms with Crippen LogP contribution in [-0.4, -0.2) is 5.75 Å². The lowest BCUT2D eigenvalue weighted by atomic mass is 9.99. The normalized spacial score (nSPS) is 12.3. The van der Waals surface area contributed by atoms with Gasteiger partial charge in [0.25, 0.3) is 0 Å². The fraction of sp³-hybridized carbons (Fsp3) is 0.250. The number of hydrogen-bond acceptors (Lipinski definition) is 1. The fourth-order valence-corrected chi connectivity index (χ4v) is 3.06. The quantitative estimate of drug-likeness (QED) is 0.667. The third kappa shape index (κ3) is 3.64. The minimum atomic E-state index is 0.654. The van der Waals surface area contributed by atoms with Gasteiger partial charge in [0.05, 0.1) is 0 Å². The molecule has 88 valence electrons. The van der Waals surface area contributed by atoms with Crippen molar-refractivity contribution < 1.29 is 0 Å². The van der Waals surface area contributed by atoms with E-state index in [2.05, 4.69) is 67.6 Å². The van der Waals surface area contributed by atoms with Crippen molar-refractivity contribution >= 4 is 11.8 Å². The van der Waals surface area contributed by atoms with Crippen LogP contribution in [0.15, 0.2) is 65.6 Å². The summed E-state index contributed by atoms with van der Waals surface area (Å²) in [7, 11) is 0. The molecule has 2 aromatic rings. The molecule has 2 rings (SSSR count). The van der Waals surface area contributed by atoms with Gasteiger partial charge in [-0.15, -0.1) is 11.8 Å². The molecule has 0 saturated carbocycles. The standard InChI is InChI=1S/C16H18S/c1-2-14(15-9-5-3-6-10-15)13-17-16-11-7-4-8-12-16/h3-12,14H,2,13H2,1H3/t14-/m0/s1. The highest BCUT2D eigenvalue weighted by Crippen LogP contribution is 2.28. The molecule has 0 saturated heterocycles. The van der Waals surface area contributed by atoms with Crippen molar-refractivity contribution in [1.82, 2.24) is 0 Å². The summed E-state index contributed by atoms with van der Waals surface area (Å²) in [6.45, 7) is 2.27. The molecule has 0 aliphatic carbocycles. The maximum Gasteiger partial charge on any atom is 0.00721 e. The van der Waals surface area contributed by atoms with Crippen molar-refractivity contribution in [3.63, 3.8) is 0 Å². The number of rotatable bonds is 5. The zero-order valence-electron chi connectivity index (χ0n) is 10.2. The van der Waals surface area contributed by atoms with Crippen molar-refractivity contribution in [1.29, 1.82) is 0 Å². The van der Waals surface area contributed by atoms with Gasteiger partial charge in [-0.25, -0.2) is 0 Å². The first kappa shape index (κ1) is 12.3. The summed E-state index contributed by atoms with van der Waals surface area (Å²) in [6, 6.07) is 21.5. The topological polar surface area (TPSA) is 0 Å². The van der Waals surface area contributed by atoms with Crippen molar-refractivity contribution in [3.05, 3.63) is 66.2 Å². The van der Waals surface area contributed by atoms with Crippen molar-refractivity contribution in [3.8, 4) is 0 Å². The van der Waals surface area contributed by atoms with E-state index >= 15 is 0 Å². The molecule has 0 N–H and O–H groups in total. The average molecular weight is 242 g/mol. The van der Waals surface area contributed by atoms with Crippen LogP contribution in [0.5, 0.6) is 0 Å². The Labute approximate surface area is 108 Å². The van der Waals surface area contributed by atoms with Crippen LogP contribution in [-0.2, 0) is 0 Å². The number of benzene rings is 2. The second-order valence-electron chi connectivity index (χ2n) is 4.14. The first-order valence-corrected chi connectivity index (χ1v) is 7.11. The largest absolute Gasteiger partial charge is 0.126 e. The van der Waals surface area contributed by atoms with Crippen LogP contribution in [0.2, 0.25) is 0 Å². The molecule has 0 heterocycles. The maximum atomic E-state index is 2.27. The van der Waals surface area contributed by atoms with Gasteiger partial charge in [-0.1, -0.05) is 55.5 Å². The monoisotopic (exact) mass is 242 g/mol. The molecule has 0 unspecified atom stereocenters. The van der Waals surface area contributed by atoms with Crippen LogP contribution >= 0.6 is 11.8 Å². The summed E-state index contributed by atoms with van der Waals surface area (Å²) in [5.41, 5.74) is 1.46. The third-order valence-electron chi connectivity index (χ3n) is 2.96. The van der Waals surface area contributed by atoms with Gasteiger partial charge in [-0.2, -0.15) is 0 Å². The lowest BCUT2D eigenvalue weighted by molar-refractivity contribution is 0.744. The molecule has 0 nitrogen and oxygen atoms in total. The highest BCUT2D eigenvalue weighted by Gasteiger charge is 2.08. The lowest BCUT2D eigenvalue weighted by Gasteiger charge is -2.14. The van der Waals surface area contributed by atoms with E-state index in [9.17, 15) is 0 Å². The number of hydrogen-bond donors (Lipinski definition) is 0. The molecule has 0 spiro atoms. The molecular formula is C16H18S. The molecule has 0 fully saturated rings. The molecule has 2 aromatic carbocycles. The van der Waals surface area contributed by atoms with Crippen LogP contribution in [0.3, 0.4) is 0 Å². The fourth-order valence-electron chi connectivity index (χ4n) is 1.89. The van der Waals surface area contributed by atoms with E-state index in [0.29, 0.717) is 5.92 Å². The van der Waals surface area contributed by atoms with Gasteiger partial charge in [0.2, 0.25) is 0 Å². The van der Waals surface area contributed by atoms with E-state index < -0.39 is 0 Å². The summed E-state index contributed by atoms with van der Waals surface area (Å²) in [5.74, 6) is 1.81. The Morgan fingerprint density at radius 3 is 2.06 bits per heavy atom. The van der Waals surface area contributed by atoms with Crippen LogP contribution < -0.4 is 0 Å². The molecule has 17 heavy (non-hydrogen) atoms. The van der Waals surface area contributed by atoms with Crippen LogP contribution in [0.25, 0.3) is 0 Å². The minimum Gasteiger partial charge on any atom is -0.126 e. The summed E-state index contributed by atoms with van der Waals surface area (Å²) in [6.07, 6.45) is 1.20. The predicted molar refractivity (Wildman–Crippen MR) is 76.6 cm³/mol. The molecule has 0 aromatic heterocycles. The smallest absolute Gasteiger partial charge is 0.00721 e. The zero-order valence-corrected chi connectivity index (χ0v) is 11.0. The van der Waals surface area contributed by atoms with Crippen molar-refractivity contribution in [2.24, 2.45) is 0 Å². The molecule has 1 atom stereocenters. The van der Waals surface area contributed by atoms with E-state index in [1.54, 1.807) is 0 Å². The Bertz CT molecular complexity index is 422. The maximum absolute atomic E-state index is 2.27. The molecule has 0 aliphatic rings.